The van der Waals surface area contributed by atoms with E-state index in [9.17, 15) is 0 Å². The molecule has 2 rings (SSSR count). The summed E-state index contributed by atoms with van der Waals surface area (Å²) >= 11 is 0. The molecule has 2 aromatic rings. The number of hydrogen-bond acceptors (Lipinski definition) is 3. The number of nitrogens with two attached hydrogens (primary N) is 1. The Bertz CT molecular complexity index is 513. The molecule has 3 heteroatoms. The molecule has 0 aliphatic heterocycles. The van der Waals surface area contributed by atoms with Gasteiger partial charge in [0.1, 0.15) is 0 Å². The number of rotatable bonds is 7. The van der Waals surface area contributed by atoms with Crippen molar-refractivity contribution < 1.29 is 0 Å². The minimum Gasteiger partial charge on any atom is -0.324 e. The molecule has 0 amide bonds. The third-order valence-electron chi connectivity index (χ3n) is 3.93. The van der Waals surface area contributed by atoms with Crippen molar-refractivity contribution in [1.29, 1.82) is 0 Å². The molecule has 2 N–H and O–H groups in total. The van der Waals surface area contributed by atoms with Crippen LogP contribution in [-0.2, 0) is 6.42 Å². The lowest BCUT2D eigenvalue weighted by molar-refractivity contribution is 0.267. The van der Waals surface area contributed by atoms with Crippen molar-refractivity contribution in [3.8, 4) is 0 Å². The zero-order valence-electron chi connectivity index (χ0n) is 12.9. The zero-order chi connectivity index (χ0) is 15.1. The Kier molecular flexibility index (Phi) is 5.90. The summed E-state index contributed by atoms with van der Waals surface area (Å²) in [6.07, 6.45) is 4.75. The van der Waals surface area contributed by atoms with Gasteiger partial charge in [0, 0.05) is 31.5 Å². The summed E-state index contributed by atoms with van der Waals surface area (Å²) < 4.78 is 0. The molecule has 0 saturated heterocycles. The van der Waals surface area contributed by atoms with Gasteiger partial charge in [0.15, 0.2) is 0 Å². The van der Waals surface area contributed by atoms with Gasteiger partial charge in [-0.2, -0.15) is 0 Å². The number of nitrogens with zero attached hydrogens (tertiary/aromatic N) is 2. The number of aromatic nitrogens is 1. The predicted octanol–water partition coefficient (Wildman–Crippen LogP) is 2.89. The molecular weight excluding hydrogens is 258 g/mol. The predicted molar refractivity (Wildman–Crippen MR) is 88.0 cm³/mol. The molecule has 1 aromatic heterocycles. The van der Waals surface area contributed by atoms with Gasteiger partial charge < -0.3 is 10.6 Å². The van der Waals surface area contributed by atoms with Gasteiger partial charge in [-0.3, -0.25) is 4.98 Å². The van der Waals surface area contributed by atoms with E-state index in [0.29, 0.717) is 5.92 Å². The topological polar surface area (TPSA) is 42.2 Å². The first-order chi connectivity index (χ1) is 10.2. The van der Waals surface area contributed by atoms with E-state index < -0.39 is 0 Å². The van der Waals surface area contributed by atoms with Gasteiger partial charge in [0.25, 0.3) is 0 Å². The van der Waals surface area contributed by atoms with E-state index in [0.717, 1.165) is 19.5 Å². The normalized spacial score (nSPS) is 14.1. The van der Waals surface area contributed by atoms with Crippen LogP contribution in [0.25, 0.3) is 0 Å². The maximum Gasteiger partial charge on any atom is 0.0333 e. The summed E-state index contributed by atoms with van der Waals surface area (Å²) in [5.74, 6) is 0.426. The van der Waals surface area contributed by atoms with Crippen LogP contribution in [-0.4, -0.2) is 30.0 Å². The third kappa shape index (κ3) is 4.96. The van der Waals surface area contributed by atoms with Crippen molar-refractivity contribution in [1.82, 2.24) is 9.88 Å². The lowest BCUT2D eigenvalue weighted by atomic mass is 9.95. The lowest BCUT2D eigenvalue weighted by Gasteiger charge is -2.26. The van der Waals surface area contributed by atoms with E-state index in [1.54, 1.807) is 0 Å². The van der Waals surface area contributed by atoms with Crippen LogP contribution in [0.3, 0.4) is 0 Å². The largest absolute Gasteiger partial charge is 0.324 e. The second-order valence-corrected chi connectivity index (χ2v) is 5.78. The Hall–Kier alpha value is -1.71. The highest BCUT2D eigenvalue weighted by molar-refractivity contribution is 5.19. The monoisotopic (exact) mass is 283 g/mol. The SMILES string of the molecule is CC(CN(C)CCc1ccncc1)C(N)c1ccccc1. The molecular formula is C18H25N3. The van der Waals surface area contributed by atoms with Crippen LogP contribution in [0.2, 0.25) is 0 Å². The molecule has 2 unspecified atom stereocenters. The van der Waals surface area contributed by atoms with Gasteiger partial charge in [-0.1, -0.05) is 37.3 Å². The molecule has 0 aliphatic carbocycles. The van der Waals surface area contributed by atoms with E-state index in [1.165, 1.54) is 11.1 Å². The maximum atomic E-state index is 6.36. The lowest BCUT2D eigenvalue weighted by Crippen LogP contribution is -2.32. The highest BCUT2D eigenvalue weighted by Crippen LogP contribution is 2.19. The van der Waals surface area contributed by atoms with Gasteiger partial charge in [-0.15, -0.1) is 0 Å². The molecule has 1 heterocycles. The van der Waals surface area contributed by atoms with Crippen molar-refractivity contribution in [2.24, 2.45) is 11.7 Å². The highest BCUT2D eigenvalue weighted by Gasteiger charge is 2.16. The molecule has 0 saturated carbocycles. The first-order valence-corrected chi connectivity index (χ1v) is 7.55. The second kappa shape index (κ2) is 7.91. The Morgan fingerprint density at radius 3 is 2.43 bits per heavy atom. The molecule has 0 bridgehead atoms. The minimum atomic E-state index is 0.0922. The summed E-state index contributed by atoms with van der Waals surface area (Å²) in [4.78, 5) is 6.40. The molecule has 0 aliphatic rings. The van der Waals surface area contributed by atoms with E-state index >= 15 is 0 Å². The molecule has 21 heavy (non-hydrogen) atoms. The molecule has 2 atom stereocenters. The summed E-state index contributed by atoms with van der Waals surface area (Å²) in [6, 6.07) is 14.6. The summed E-state index contributed by atoms with van der Waals surface area (Å²) in [7, 11) is 2.16. The molecule has 3 nitrogen and oxygen atoms in total. The average molecular weight is 283 g/mol. The molecule has 0 radical (unpaired) electrons. The Labute approximate surface area is 127 Å². The van der Waals surface area contributed by atoms with Gasteiger partial charge in [-0.25, -0.2) is 0 Å². The van der Waals surface area contributed by atoms with Crippen LogP contribution in [0.4, 0.5) is 0 Å². The fourth-order valence-corrected chi connectivity index (χ4v) is 2.57. The summed E-state index contributed by atoms with van der Waals surface area (Å²) in [5.41, 5.74) is 8.90. The number of benzene rings is 1. The van der Waals surface area contributed by atoms with E-state index in [2.05, 4.69) is 60.3 Å². The minimum absolute atomic E-state index is 0.0922. The second-order valence-electron chi connectivity index (χ2n) is 5.78. The fourth-order valence-electron chi connectivity index (χ4n) is 2.57. The quantitative estimate of drug-likeness (QED) is 0.849. The first kappa shape index (κ1) is 15.7. The van der Waals surface area contributed by atoms with Crippen molar-refractivity contribution in [3.05, 3.63) is 66.0 Å². The van der Waals surface area contributed by atoms with E-state index in [1.807, 2.05) is 18.5 Å². The van der Waals surface area contributed by atoms with Crippen LogP contribution in [0, 0.1) is 5.92 Å². The van der Waals surface area contributed by atoms with Crippen molar-refractivity contribution in [2.45, 2.75) is 19.4 Å². The van der Waals surface area contributed by atoms with E-state index in [-0.39, 0.29) is 6.04 Å². The fraction of sp³-hybridized carbons (Fsp3) is 0.389. The molecule has 0 spiro atoms. The molecule has 112 valence electrons. The van der Waals surface area contributed by atoms with Crippen LogP contribution in [0.15, 0.2) is 54.9 Å². The Balaban J connectivity index is 1.80. The highest BCUT2D eigenvalue weighted by atomic mass is 15.1. The maximum absolute atomic E-state index is 6.36. The summed E-state index contributed by atoms with van der Waals surface area (Å²) in [6.45, 7) is 4.26. The number of hydrogen-bond donors (Lipinski definition) is 1. The first-order valence-electron chi connectivity index (χ1n) is 7.55. The van der Waals surface area contributed by atoms with Gasteiger partial charge in [-0.05, 0) is 42.6 Å². The van der Waals surface area contributed by atoms with Crippen LogP contribution < -0.4 is 5.73 Å². The van der Waals surface area contributed by atoms with Gasteiger partial charge in [0.05, 0.1) is 0 Å². The number of pyridine rings is 1. The Morgan fingerprint density at radius 1 is 1.10 bits per heavy atom. The van der Waals surface area contributed by atoms with Gasteiger partial charge >= 0.3 is 0 Å². The van der Waals surface area contributed by atoms with Crippen LogP contribution >= 0.6 is 0 Å². The van der Waals surface area contributed by atoms with Crippen LogP contribution in [0.5, 0.6) is 0 Å². The van der Waals surface area contributed by atoms with Gasteiger partial charge in [0.2, 0.25) is 0 Å². The van der Waals surface area contributed by atoms with Crippen LogP contribution in [0.1, 0.15) is 24.1 Å². The summed E-state index contributed by atoms with van der Waals surface area (Å²) in [5, 5.41) is 0. The Morgan fingerprint density at radius 2 is 1.76 bits per heavy atom. The standard InChI is InChI=1S/C18H25N3/c1-15(18(19)17-6-4-3-5-7-17)14-21(2)13-10-16-8-11-20-12-9-16/h3-9,11-12,15,18H,10,13-14,19H2,1-2H3. The zero-order valence-corrected chi connectivity index (χ0v) is 12.9. The molecule has 1 aromatic carbocycles. The third-order valence-corrected chi connectivity index (χ3v) is 3.93. The number of likely N-dealkylation sites (N-methyl/N-ethyl adjacent to an activating group) is 1. The van der Waals surface area contributed by atoms with E-state index in [4.69, 9.17) is 5.73 Å². The van der Waals surface area contributed by atoms with Crippen molar-refractivity contribution in [2.75, 3.05) is 20.1 Å². The average Bonchev–Trinajstić information content (AvgIpc) is 2.54. The van der Waals surface area contributed by atoms with Crippen molar-refractivity contribution >= 4 is 0 Å². The van der Waals surface area contributed by atoms with Crippen molar-refractivity contribution in [3.63, 3.8) is 0 Å². The smallest absolute Gasteiger partial charge is 0.0333 e. The molecule has 0 fully saturated rings.